The van der Waals surface area contributed by atoms with E-state index in [-0.39, 0.29) is 24.7 Å². The highest BCUT2D eigenvalue weighted by atomic mass is 16.5. The Labute approximate surface area is 175 Å². The first-order valence-electron chi connectivity index (χ1n) is 9.67. The van der Waals surface area contributed by atoms with Gasteiger partial charge in [0.15, 0.2) is 6.10 Å². The Hall–Kier alpha value is -3.35. The molecule has 0 unspecified atom stereocenters. The minimum absolute atomic E-state index is 0.00460. The Balaban J connectivity index is 1.69. The average molecular weight is 411 g/mol. The van der Waals surface area contributed by atoms with Crippen molar-refractivity contribution in [2.45, 2.75) is 26.4 Å². The van der Waals surface area contributed by atoms with Gasteiger partial charge in [-0.2, -0.15) is 0 Å². The van der Waals surface area contributed by atoms with Gasteiger partial charge in [-0.15, -0.1) is 0 Å². The van der Waals surface area contributed by atoms with Crippen molar-refractivity contribution in [2.75, 3.05) is 25.7 Å². The number of benzene rings is 2. The summed E-state index contributed by atoms with van der Waals surface area (Å²) in [6, 6.07) is 12.2. The topological polar surface area (TPSA) is 82.1 Å². The molecule has 1 heterocycles. The van der Waals surface area contributed by atoms with E-state index in [9.17, 15) is 14.4 Å². The lowest BCUT2D eigenvalue weighted by Crippen LogP contribution is -2.30. The number of amides is 1. The number of esters is 1. The van der Waals surface area contributed by atoms with Crippen LogP contribution in [0.1, 0.15) is 29.3 Å². The molecule has 158 valence electrons. The summed E-state index contributed by atoms with van der Waals surface area (Å²) in [6.07, 6.45) is -0.930. The van der Waals surface area contributed by atoms with Gasteiger partial charge >= 0.3 is 5.97 Å². The van der Waals surface area contributed by atoms with Crippen LogP contribution in [0, 0.1) is 12.8 Å². The van der Waals surface area contributed by atoms with Crippen molar-refractivity contribution in [1.29, 1.82) is 0 Å². The van der Waals surface area contributed by atoms with Crippen LogP contribution in [-0.4, -0.2) is 44.5 Å². The molecule has 0 bridgehead atoms. The summed E-state index contributed by atoms with van der Waals surface area (Å²) < 4.78 is 16.0. The third kappa shape index (κ3) is 4.45. The summed E-state index contributed by atoms with van der Waals surface area (Å²) in [6.45, 7) is 3.62. The fraction of sp³-hybridized carbons (Fsp3) is 0.348. The zero-order valence-corrected chi connectivity index (χ0v) is 17.5. The molecule has 1 aliphatic heterocycles. The monoisotopic (exact) mass is 411 g/mol. The maximum absolute atomic E-state index is 12.6. The summed E-state index contributed by atoms with van der Waals surface area (Å²) in [7, 11) is 3.04. The van der Waals surface area contributed by atoms with Crippen molar-refractivity contribution in [3.8, 4) is 11.5 Å². The van der Waals surface area contributed by atoms with Crippen molar-refractivity contribution in [3.05, 3.63) is 53.6 Å². The maximum atomic E-state index is 12.6. The zero-order valence-electron chi connectivity index (χ0n) is 17.5. The fourth-order valence-electron chi connectivity index (χ4n) is 3.38. The number of rotatable bonds is 7. The summed E-state index contributed by atoms with van der Waals surface area (Å²) >= 11 is 0. The van der Waals surface area contributed by atoms with Gasteiger partial charge in [0.1, 0.15) is 11.5 Å². The van der Waals surface area contributed by atoms with Gasteiger partial charge in [-0.1, -0.05) is 29.8 Å². The second kappa shape index (κ2) is 8.98. The molecular weight excluding hydrogens is 386 g/mol. The third-order valence-electron chi connectivity index (χ3n) is 5.13. The minimum atomic E-state index is -0.935. The quantitative estimate of drug-likeness (QED) is 0.514. The molecule has 7 heteroatoms. The van der Waals surface area contributed by atoms with Crippen LogP contribution in [0.3, 0.4) is 0 Å². The predicted octanol–water partition coefficient (Wildman–Crippen LogP) is 3.18. The Morgan fingerprint density at radius 3 is 2.40 bits per heavy atom. The van der Waals surface area contributed by atoms with E-state index in [1.54, 1.807) is 37.3 Å². The first-order chi connectivity index (χ1) is 14.3. The molecule has 0 aliphatic carbocycles. The number of aryl methyl sites for hydroxylation is 1. The first-order valence-corrected chi connectivity index (χ1v) is 9.67. The Bertz CT molecular complexity index is 953. The molecule has 2 atom stereocenters. The minimum Gasteiger partial charge on any atom is -0.497 e. The van der Waals surface area contributed by atoms with Gasteiger partial charge in [-0.25, -0.2) is 0 Å². The van der Waals surface area contributed by atoms with E-state index in [2.05, 4.69) is 0 Å². The highest BCUT2D eigenvalue weighted by Crippen LogP contribution is 2.36. The van der Waals surface area contributed by atoms with Gasteiger partial charge < -0.3 is 19.1 Å². The molecule has 0 spiro atoms. The molecular formula is C23H25NO6. The van der Waals surface area contributed by atoms with Crippen LogP contribution in [0.25, 0.3) is 0 Å². The first kappa shape index (κ1) is 21.4. The van der Waals surface area contributed by atoms with Crippen LogP contribution in [0.4, 0.5) is 5.69 Å². The normalized spacial score (nSPS) is 16.9. The number of carbonyl (C=O) groups excluding carboxylic acids is 3. The van der Waals surface area contributed by atoms with E-state index in [0.717, 1.165) is 5.56 Å². The van der Waals surface area contributed by atoms with Gasteiger partial charge in [0.25, 0.3) is 0 Å². The van der Waals surface area contributed by atoms with E-state index in [1.807, 2.05) is 19.1 Å². The molecule has 0 radical (unpaired) electrons. The number of anilines is 1. The van der Waals surface area contributed by atoms with Crippen molar-refractivity contribution in [1.82, 2.24) is 0 Å². The van der Waals surface area contributed by atoms with Gasteiger partial charge in [-0.3, -0.25) is 14.4 Å². The third-order valence-corrected chi connectivity index (χ3v) is 5.13. The zero-order chi connectivity index (χ0) is 21.8. The molecule has 1 amide bonds. The van der Waals surface area contributed by atoms with Crippen LogP contribution in [-0.2, 0) is 14.3 Å². The van der Waals surface area contributed by atoms with Crippen LogP contribution < -0.4 is 14.4 Å². The molecule has 30 heavy (non-hydrogen) atoms. The summed E-state index contributed by atoms with van der Waals surface area (Å²) in [5.74, 6) is -0.662. The van der Waals surface area contributed by atoms with Gasteiger partial charge in [0.05, 0.1) is 25.8 Å². The summed E-state index contributed by atoms with van der Waals surface area (Å²) in [4.78, 5) is 39.2. The molecule has 1 aliphatic rings. The Morgan fingerprint density at radius 1 is 1.07 bits per heavy atom. The smallest absolute Gasteiger partial charge is 0.312 e. The number of hydrogen-bond acceptors (Lipinski definition) is 6. The lowest BCUT2D eigenvalue weighted by molar-refractivity contribution is -0.151. The molecule has 0 saturated carbocycles. The highest BCUT2D eigenvalue weighted by molar-refractivity contribution is 6.02. The SMILES string of the molecule is COc1ccc(OC)c(N2C[C@H](C(=O)O[C@H](C)C(=O)c3ccc(C)cc3)CC2=O)c1. The number of ether oxygens (including phenoxy) is 3. The Morgan fingerprint density at radius 2 is 1.77 bits per heavy atom. The molecule has 0 N–H and O–H groups in total. The molecule has 7 nitrogen and oxygen atoms in total. The summed E-state index contributed by atoms with van der Waals surface area (Å²) in [5, 5.41) is 0. The largest absolute Gasteiger partial charge is 0.497 e. The van der Waals surface area contributed by atoms with Crippen LogP contribution in [0.2, 0.25) is 0 Å². The standard InChI is InChI=1S/C23H25NO6/c1-14-5-7-16(8-6-14)22(26)15(2)30-23(27)17-11-21(25)24(13-17)19-12-18(28-3)9-10-20(19)29-4/h5-10,12,15,17H,11,13H2,1-4H3/t15-,17-/m1/s1. The lowest BCUT2D eigenvalue weighted by Gasteiger charge is -2.20. The molecule has 3 rings (SSSR count). The Kier molecular flexibility index (Phi) is 6.40. The van der Waals surface area contributed by atoms with E-state index in [4.69, 9.17) is 14.2 Å². The van der Waals surface area contributed by atoms with Crippen LogP contribution in [0.5, 0.6) is 11.5 Å². The molecule has 2 aromatic rings. The highest BCUT2D eigenvalue weighted by Gasteiger charge is 2.38. The summed E-state index contributed by atoms with van der Waals surface area (Å²) in [5.41, 5.74) is 2.04. The van der Waals surface area contributed by atoms with Crippen molar-refractivity contribution in [2.24, 2.45) is 5.92 Å². The van der Waals surface area contributed by atoms with E-state index < -0.39 is 18.0 Å². The van der Waals surface area contributed by atoms with Crippen molar-refractivity contribution in [3.63, 3.8) is 0 Å². The molecule has 1 saturated heterocycles. The fourth-order valence-corrected chi connectivity index (χ4v) is 3.38. The van der Waals surface area contributed by atoms with Crippen molar-refractivity contribution >= 4 is 23.3 Å². The lowest BCUT2D eigenvalue weighted by atomic mass is 10.1. The second-order valence-corrected chi connectivity index (χ2v) is 7.25. The number of carbonyl (C=O) groups is 3. The number of hydrogen-bond donors (Lipinski definition) is 0. The average Bonchev–Trinajstić information content (AvgIpc) is 3.14. The number of Topliss-reactive ketones (excluding diaryl/α,β-unsaturated/α-hetero) is 1. The van der Waals surface area contributed by atoms with Gasteiger partial charge in [0.2, 0.25) is 11.7 Å². The molecule has 0 aromatic heterocycles. The van der Waals surface area contributed by atoms with Crippen molar-refractivity contribution < 1.29 is 28.6 Å². The van der Waals surface area contributed by atoms with E-state index >= 15 is 0 Å². The van der Waals surface area contributed by atoms with Crippen LogP contribution >= 0.6 is 0 Å². The van der Waals surface area contributed by atoms with Gasteiger partial charge in [0, 0.05) is 24.6 Å². The van der Waals surface area contributed by atoms with E-state index in [1.165, 1.54) is 19.1 Å². The van der Waals surface area contributed by atoms with E-state index in [0.29, 0.717) is 22.7 Å². The predicted molar refractivity (Wildman–Crippen MR) is 111 cm³/mol. The molecule has 1 fully saturated rings. The van der Waals surface area contributed by atoms with Gasteiger partial charge in [-0.05, 0) is 26.0 Å². The number of nitrogens with zero attached hydrogens (tertiary/aromatic N) is 1. The number of ketones is 1. The molecule has 2 aromatic carbocycles. The second-order valence-electron chi connectivity index (χ2n) is 7.25. The number of methoxy groups -OCH3 is 2. The van der Waals surface area contributed by atoms with Crippen LogP contribution in [0.15, 0.2) is 42.5 Å². The maximum Gasteiger partial charge on any atom is 0.312 e.